The first-order chi connectivity index (χ1) is 5.70. The Morgan fingerprint density at radius 3 is 3.08 bits per heavy atom. The van der Waals surface area contributed by atoms with E-state index < -0.39 is 17.8 Å². The average Bonchev–Trinajstić information content (AvgIpc) is 2.42. The van der Waals surface area contributed by atoms with Crippen LogP contribution >= 0.6 is 0 Å². The highest BCUT2D eigenvalue weighted by molar-refractivity contribution is 6.28. The van der Waals surface area contributed by atoms with E-state index in [1.54, 1.807) is 0 Å². The van der Waals surface area contributed by atoms with E-state index in [-0.39, 0.29) is 11.3 Å². The van der Waals surface area contributed by atoms with Crippen LogP contribution < -0.4 is 11.2 Å². The second-order valence-corrected chi connectivity index (χ2v) is 2.55. The van der Waals surface area contributed by atoms with Crippen LogP contribution in [0.4, 0.5) is 4.39 Å². The van der Waals surface area contributed by atoms with Gasteiger partial charge in [0.1, 0.15) is 11.4 Å². The Kier molecular flexibility index (Phi) is 1.34. The van der Waals surface area contributed by atoms with Gasteiger partial charge in [-0.25, -0.2) is 9.82 Å². The summed E-state index contributed by atoms with van der Waals surface area (Å²) in [5.41, 5.74) is 7.93. The molecule has 1 heterocycles. The molecule has 1 atom stereocenters. The molecule has 0 aromatic rings. The molecule has 62 valence electrons. The third-order valence-corrected chi connectivity index (χ3v) is 1.77. The fourth-order valence-corrected chi connectivity index (χ4v) is 1.17. The predicted molar refractivity (Wildman–Crippen MR) is 40.8 cm³/mol. The fourth-order valence-electron chi connectivity index (χ4n) is 1.17. The molecule has 5 heteroatoms. The lowest BCUT2D eigenvalue weighted by Crippen LogP contribution is -2.31. The molecule has 1 amide bonds. The van der Waals surface area contributed by atoms with E-state index in [0.717, 1.165) is 0 Å². The summed E-state index contributed by atoms with van der Waals surface area (Å²) >= 11 is 0. The molecule has 3 N–H and O–H groups in total. The molecule has 1 aliphatic heterocycles. The predicted octanol–water partition coefficient (Wildman–Crippen LogP) is -0.407. The van der Waals surface area contributed by atoms with Gasteiger partial charge in [0.05, 0.1) is 11.8 Å². The second-order valence-electron chi connectivity index (χ2n) is 2.55. The van der Waals surface area contributed by atoms with Gasteiger partial charge in [-0.05, 0) is 6.08 Å². The maximum atomic E-state index is 13.0. The van der Waals surface area contributed by atoms with Gasteiger partial charge in [-0.2, -0.15) is 5.10 Å². The van der Waals surface area contributed by atoms with E-state index in [1.807, 2.05) is 0 Å². The van der Waals surface area contributed by atoms with Crippen LogP contribution in [0.25, 0.3) is 0 Å². The standard InChI is InChI=1S/C7H6FN3O/c8-3-1-2-4(9)6-5(3)7(12)11-10-6/h1-2,4H,9H2,(H,11,12). The molecular weight excluding hydrogens is 161 g/mol. The van der Waals surface area contributed by atoms with Crippen molar-refractivity contribution in [2.24, 2.45) is 10.8 Å². The average molecular weight is 167 g/mol. The van der Waals surface area contributed by atoms with E-state index in [2.05, 4.69) is 10.5 Å². The summed E-state index contributed by atoms with van der Waals surface area (Å²) < 4.78 is 13.0. The van der Waals surface area contributed by atoms with Crippen molar-refractivity contribution in [3.8, 4) is 0 Å². The molecule has 4 nitrogen and oxygen atoms in total. The van der Waals surface area contributed by atoms with E-state index in [0.29, 0.717) is 0 Å². The van der Waals surface area contributed by atoms with Crippen molar-refractivity contribution in [3.63, 3.8) is 0 Å². The van der Waals surface area contributed by atoms with Crippen molar-refractivity contribution in [2.45, 2.75) is 6.04 Å². The number of nitrogens with zero attached hydrogens (tertiary/aromatic N) is 1. The van der Waals surface area contributed by atoms with Crippen molar-refractivity contribution in [3.05, 3.63) is 23.6 Å². The lowest BCUT2D eigenvalue weighted by atomic mass is 9.98. The monoisotopic (exact) mass is 167 g/mol. The summed E-state index contributed by atoms with van der Waals surface area (Å²) in [4.78, 5) is 11.0. The molecule has 1 unspecified atom stereocenters. The summed E-state index contributed by atoms with van der Waals surface area (Å²) in [6.45, 7) is 0. The first-order valence-electron chi connectivity index (χ1n) is 3.42. The Bertz CT molecular complexity index is 343. The van der Waals surface area contributed by atoms with E-state index in [4.69, 9.17) is 5.73 Å². The maximum absolute atomic E-state index is 13.0. The zero-order valence-electron chi connectivity index (χ0n) is 6.04. The Balaban J connectivity index is 2.54. The highest BCUT2D eigenvalue weighted by Gasteiger charge is 2.31. The highest BCUT2D eigenvalue weighted by atomic mass is 19.1. The van der Waals surface area contributed by atoms with Gasteiger partial charge in [-0.3, -0.25) is 4.79 Å². The number of carbonyl (C=O) groups is 1. The molecule has 0 saturated carbocycles. The van der Waals surface area contributed by atoms with Crippen LogP contribution in [0.1, 0.15) is 0 Å². The number of halogens is 1. The van der Waals surface area contributed by atoms with Gasteiger partial charge < -0.3 is 5.73 Å². The molecule has 0 aromatic carbocycles. The largest absolute Gasteiger partial charge is 0.319 e. The summed E-state index contributed by atoms with van der Waals surface area (Å²) in [6, 6.07) is -0.488. The van der Waals surface area contributed by atoms with Gasteiger partial charge in [0.2, 0.25) is 0 Å². The molecule has 0 radical (unpaired) electrons. The molecular formula is C7H6FN3O. The van der Waals surface area contributed by atoms with Crippen molar-refractivity contribution in [2.75, 3.05) is 0 Å². The second kappa shape index (κ2) is 2.25. The number of nitrogens with two attached hydrogens (primary N) is 1. The van der Waals surface area contributed by atoms with Crippen LogP contribution in [-0.2, 0) is 4.79 Å². The third-order valence-electron chi connectivity index (χ3n) is 1.77. The summed E-state index contributed by atoms with van der Waals surface area (Å²) in [6.07, 6.45) is 2.64. The Labute approximate surface area is 67.6 Å². The molecule has 0 spiro atoms. The Hall–Kier alpha value is -1.49. The molecule has 0 aromatic heterocycles. The van der Waals surface area contributed by atoms with Crippen molar-refractivity contribution >= 4 is 11.6 Å². The Morgan fingerprint density at radius 1 is 1.67 bits per heavy atom. The van der Waals surface area contributed by atoms with Crippen molar-refractivity contribution < 1.29 is 9.18 Å². The highest BCUT2D eigenvalue weighted by Crippen LogP contribution is 2.20. The molecule has 0 bridgehead atoms. The zero-order valence-corrected chi connectivity index (χ0v) is 6.04. The quantitative estimate of drug-likeness (QED) is 0.515. The van der Waals surface area contributed by atoms with Crippen molar-refractivity contribution in [1.82, 2.24) is 5.43 Å². The van der Waals surface area contributed by atoms with Crippen LogP contribution in [0.5, 0.6) is 0 Å². The number of carbonyl (C=O) groups excluding carboxylic acids is 1. The minimum absolute atomic E-state index is 0.0370. The van der Waals surface area contributed by atoms with Crippen molar-refractivity contribution in [1.29, 1.82) is 0 Å². The minimum atomic E-state index is -0.578. The summed E-state index contributed by atoms with van der Waals surface area (Å²) in [7, 11) is 0. The topological polar surface area (TPSA) is 67.5 Å². The van der Waals surface area contributed by atoms with Gasteiger partial charge in [-0.15, -0.1) is 0 Å². The third kappa shape index (κ3) is 0.799. The lowest BCUT2D eigenvalue weighted by Gasteiger charge is -2.10. The first-order valence-corrected chi connectivity index (χ1v) is 3.42. The molecule has 2 rings (SSSR count). The Morgan fingerprint density at radius 2 is 2.42 bits per heavy atom. The molecule has 1 aliphatic carbocycles. The maximum Gasteiger partial charge on any atom is 0.276 e. The SMILES string of the molecule is NC1C=CC(F)=C2C(=O)NN=C21. The van der Waals surface area contributed by atoms with Gasteiger partial charge in [0.25, 0.3) is 5.91 Å². The molecule has 0 saturated heterocycles. The number of amides is 1. The fraction of sp³-hybridized carbons (Fsp3) is 0.143. The van der Waals surface area contributed by atoms with Crippen LogP contribution in [0, 0.1) is 0 Å². The van der Waals surface area contributed by atoms with Crippen LogP contribution in [0.3, 0.4) is 0 Å². The van der Waals surface area contributed by atoms with Crippen LogP contribution in [0.2, 0.25) is 0 Å². The normalized spacial score (nSPS) is 27.0. The first kappa shape index (κ1) is 7.17. The lowest BCUT2D eigenvalue weighted by molar-refractivity contribution is -0.116. The zero-order chi connectivity index (χ0) is 8.72. The number of rotatable bonds is 0. The van der Waals surface area contributed by atoms with E-state index in [9.17, 15) is 9.18 Å². The van der Waals surface area contributed by atoms with Gasteiger partial charge in [0, 0.05) is 0 Å². The molecule has 0 fully saturated rings. The smallest absolute Gasteiger partial charge is 0.276 e. The number of hydrogen-bond acceptors (Lipinski definition) is 3. The van der Waals surface area contributed by atoms with Crippen LogP contribution in [0.15, 0.2) is 28.7 Å². The number of hydrogen-bond donors (Lipinski definition) is 2. The number of hydrazone groups is 1. The van der Waals surface area contributed by atoms with Gasteiger partial charge >= 0.3 is 0 Å². The van der Waals surface area contributed by atoms with Crippen LogP contribution in [-0.4, -0.2) is 17.7 Å². The van der Waals surface area contributed by atoms with E-state index in [1.165, 1.54) is 12.2 Å². The number of allylic oxidation sites excluding steroid dienone is 2. The number of nitrogens with one attached hydrogen (secondary N) is 1. The summed E-state index contributed by atoms with van der Waals surface area (Å²) in [5, 5.41) is 3.61. The molecule has 2 aliphatic rings. The van der Waals surface area contributed by atoms with Gasteiger partial charge in [0.15, 0.2) is 0 Å². The summed E-state index contributed by atoms with van der Waals surface area (Å²) in [5.74, 6) is -1.10. The van der Waals surface area contributed by atoms with Gasteiger partial charge in [-0.1, -0.05) is 6.08 Å². The molecule has 12 heavy (non-hydrogen) atoms. The minimum Gasteiger partial charge on any atom is -0.319 e. The number of fused-ring (bicyclic) bond motifs is 1. The van der Waals surface area contributed by atoms with E-state index >= 15 is 0 Å².